The molecule has 0 bridgehead atoms. The zero-order valence-corrected chi connectivity index (χ0v) is 15.6. The summed E-state index contributed by atoms with van der Waals surface area (Å²) in [6, 6.07) is 12.0. The molecule has 3 rings (SSSR count). The largest absolute Gasteiger partial charge is 0.348 e. The minimum Gasteiger partial charge on any atom is -0.348 e. The number of anilines is 1. The highest BCUT2D eigenvalue weighted by Gasteiger charge is 2.10. The maximum absolute atomic E-state index is 12.3. The van der Waals surface area contributed by atoms with Gasteiger partial charge in [-0.15, -0.1) is 0 Å². The van der Waals surface area contributed by atoms with Gasteiger partial charge in [-0.05, 0) is 42.2 Å². The summed E-state index contributed by atoms with van der Waals surface area (Å²) in [5.41, 5.74) is 3.92. The summed E-state index contributed by atoms with van der Waals surface area (Å²) in [5.74, 6) is 0.420. The SMILES string of the molecule is Cc1ccccc1CNC(=O)c1cnc(N(C)CCc2ccncc2)nc1. The molecule has 6 heteroatoms. The number of aromatic nitrogens is 3. The van der Waals surface area contributed by atoms with Crippen LogP contribution in [0.2, 0.25) is 0 Å². The fourth-order valence-corrected chi connectivity index (χ4v) is 2.67. The van der Waals surface area contributed by atoms with Crippen molar-refractivity contribution in [3.8, 4) is 0 Å². The van der Waals surface area contributed by atoms with E-state index in [0.29, 0.717) is 18.1 Å². The van der Waals surface area contributed by atoms with Crippen molar-refractivity contribution >= 4 is 11.9 Å². The minimum atomic E-state index is -0.177. The molecule has 27 heavy (non-hydrogen) atoms. The van der Waals surface area contributed by atoms with E-state index >= 15 is 0 Å². The van der Waals surface area contributed by atoms with E-state index in [4.69, 9.17) is 0 Å². The Morgan fingerprint density at radius 1 is 1.07 bits per heavy atom. The van der Waals surface area contributed by atoms with Gasteiger partial charge in [0.15, 0.2) is 0 Å². The molecule has 0 spiro atoms. The second kappa shape index (κ2) is 8.89. The summed E-state index contributed by atoms with van der Waals surface area (Å²) in [4.78, 5) is 27.0. The van der Waals surface area contributed by atoms with E-state index in [9.17, 15) is 4.79 Å². The lowest BCUT2D eigenvalue weighted by atomic mass is 10.1. The third-order valence-corrected chi connectivity index (χ3v) is 4.43. The van der Waals surface area contributed by atoms with Crippen molar-refractivity contribution < 1.29 is 4.79 Å². The Kier molecular flexibility index (Phi) is 6.10. The minimum absolute atomic E-state index is 0.177. The number of rotatable bonds is 7. The molecule has 0 aliphatic rings. The topological polar surface area (TPSA) is 71.0 Å². The monoisotopic (exact) mass is 361 g/mol. The summed E-state index contributed by atoms with van der Waals surface area (Å²) >= 11 is 0. The van der Waals surface area contributed by atoms with Gasteiger partial charge in [0.05, 0.1) is 5.56 Å². The van der Waals surface area contributed by atoms with Crippen LogP contribution < -0.4 is 10.2 Å². The third-order valence-electron chi connectivity index (χ3n) is 4.43. The van der Waals surface area contributed by atoms with Gasteiger partial charge in [0.25, 0.3) is 5.91 Å². The molecule has 6 nitrogen and oxygen atoms in total. The maximum Gasteiger partial charge on any atom is 0.254 e. The maximum atomic E-state index is 12.3. The van der Waals surface area contributed by atoms with E-state index in [0.717, 1.165) is 24.1 Å². The molecular weight excluding hydrogens is 338 g/mol. The Hall–Kier alpha value is -3.28. The van der Waals surface area contributed by atoms with Gasteiger partial charge in [-0.1, -0.05) is 24.3 Å². The van der Waals surface area contributed by atoms with Gasteiger partial charge in [0.2, 0.25) is 5.95 Å². The van der Waals surface area contributed by atoms with E-state index in [-0.39, 0.29) is 5.91 Å². The smallest absolute Gasteiger partial charge is 0.254 e. The summed E-state index contributed by atoms with van der Waals surface area (Å²) in [6.45, 7) is 3.29. The number of aryl methyl sites for hydroxylation is 1. The van der Waals surface area contributed by atoms with Gasteiger partial charge >= 0.3 is 0 Å². The Bertz CT molecular complexity index is 881. The summed E-state index contributed by atoms with van der Waals surface area (Å²) in [5, 5.41) is 2.91. The first-order chi connectivity index (χ1) is 13.1. The Labute approximate surface area is 159 Å². The van der Waals surface area contributed by atoms with Crippen LogP contribution in [0.15, 0.2) is 61.2 Å². The van der Waals surface area contributed by atoms with Gasteiger partial charge in [0, 0.05) is 44.9 Å². The normalized spacial score (nSPS) is 10.4. The van der Waals surface area contributed by atoms with Crippen molar-refractivity contribution in [3.63, 3.8) is 0 Å². The highest BCUT2D eigenvalue weighted by molar-refractivity contribution is 5.93. The van der Waals surface area contributed by atoms with E-state index < -0.39 is 0 Å². The molecule has 2 heterocycles. The van der Waals surface area contributed by atoms with Gasteiger partial charge in [-0.25, -0.2) is 9.97 Å². The van der Waals surface area contributed by atoms with Crippen LogP contribution in [-0.4, -0.2) is 34.5 Å². The number of hydrogen-bond acceptors (Lipinski definition) is 5. The van der Waals surface area contributed by atoms with Gasteiger partial charge < -0.3 is 10.2 Å². The van der Waals surface area contributed by atoms with Crippen LogP contribution in [0, 0.1) is 6.92 Å². The van der Waals surface area contributed by atoms with Gasteiger partial charge in [-0.3, -0.25) is 9.78 Å². The van der Waals surface area contributed by atoms with Crippen molar-refractivity contribution in [2.24, 2.45) is 0 Å². The lowest BCUT2D eigenvalue weighted by molar-refractivity contribution is 0.0950. The van der Waals surface area contributed by atoms with Gasteiger partial charge in [-0.2, -0.15) is 0 Å². The zero-order valence-electron chi connectivity index (χ0n) is 15.6. The molecule has 1 amide bonds. The molecule has 0 saturated heterocycles. The first-order valence-electron chi connectivity index (χ1n) is 8.88. The molecule has 0 aliphatic heterocycles. The molecule has 2 aromatic heterocycles. The number of pyridine rings is 1. The first kappa shape index (κ1) is 18.5. The second-order valence-corrected chi connectivity index (χ2v) is 6.41. The molecule has 3 aromatic rings. The predicted octanol–water partition coefficient (Wildman–Crippen LogP) is 2.79. The molecule has 0 atom stereocenters. The number of nitrogens with zero attached hydrogens (tertiary/aromatic N) is 4. The summed E-state index contributed by atoms with van der Waals surface area (Å²) in [7, 11) is 1.94. The van der Waals surface area contributed by atoms with Crippen molar-refractivity contribution in [1.29, 1.82) is 0 Å². The Morgan fingerprint density at radius 2 is 1.78 bits per heavy atom. The average molecular weight is 361 g/mol. The number of carbonyl (C=O) groups excluding carboxylic acids is 1. The number of likely N-dealkylation sites (N-methyl/N-ethyl adjacent to an activating group) is 1. The molecule has 0 fully saturated rings. The number of nitrogens with one attached hydrogen (secondary N) is 1. The van der Waals surface area contributed by atoms with Crippen LogP contribution in [0.3, 0.4) is 0 Å². The average Bonchev–Trinajstić information content (AvgIpc) is 2.72. The zero-order chi connectivity index (χ0) is 19.1. The van der Waals surface area contributed by atoms with Crippen molar-refractivity contribution in [1.82, 2.24) is 20.3 Å². The lowest BCUT2D eigenvalue weighted by Gasteiger charge is -2.17. The second-order valence-electron chi connectivity index (χ2n) is 6.41. The molecule has 138 valence electrons. The number of amides is 1. The number of benzene rings is 1. The molecule has 0 saturated carbocycles. The van der Waals surface area contributed by atoms with E-state index in [1.807, 2.05) is 55.3 Å². The van der Waals surface area contributed by atoms with Crippen LogP contribution in [0.25, 0.3) is 0 Å². The number of hydrogen-bond donors (Lipinski definition) is 1. The molecule has 0 unspecified atom stereocenters. The van der Waals surface area contributed by atoms with E-state index in [1.54, 1.807) is 24.8 Å². The van der Waals surface area contributed by atoms with Gasteiger partial charge in [0.1, 0.15) is 0 Å². The molecule has 1 N–H and O–H groups in total. The predicted molar refractivity (Wildman–Crippen MR) is 106 cm³/mol. The molecule has 0 radical (unpaired) electrons. The third kappa shape index (κ3) is 5.10. The molecule has 0 aliphatic carbocycles. The standard InChI is InChI=1S/C21H23N5O/c1-16-5-3-4-6-18(16)13-23-20(27)19-14-24-21(25-15-19)26(2)12-9-17-7-10-22-11-8-17/h3-8,10-11,14-15H,9,12-13H2,1-2H3,(H,23,27). The van der Waals surface area contributed by atoms with Crippen LogP contribution in [0.1, 0.15) is 27.0 Å². The van der Waals surface area contributed by atoms with Crippen molar-refractivity contribution in [2.45, 2.75) is 19.9 Å². The molecular formula is C21H23N5O. The highest BCUT2D eigenvalue weighted by Crippen LogP contribution is 2.09. The highest BCUT2D eigenvalue weighted by atomic mass is 16.1. The summed E-state index contributed by atoms with van der Waals surface area (Å²) < 4.78 is 0. The summed E-state index contributed by atoms with van der Waals surface area (Å²) in [6.07, 6.45) is 7.59. The number of carbonyl (C=O) groups is 1. The Balaban J connectivity index is 1.54. The lowest BCUT2D eigenvalue weighted by Crippen LogP contribution is -2.25. The molecule has 1 aromatic carbocycles. The fraction of sp³-hybridized carbons (Fsp3) is 0.238. The van der Waals surface area contributed by atoms with Crippen molar-refractivity contribution in [2.75, 3.05) is 18.5 Å². The van der Waals surface area contributed by atoms with Crippen LogP contribution in [0.4, 0.5) is 5.95 Å². The first-order valence-corrected chi connectivity index (χ1v) is 8.88. The quantitative estimate of drug-likeness (QED) is 0.701. The van der Waals surface area contributed by atoms with Crippen LogP contribution in [-0.2, 0) is 13.0 Å². The Morgan fingerprint density at radius 3 is 2.48 bits per heavy atom. The van der Waals surface area contributed by atoms with Crippen molar-refractivity contribution in [3.05, 3.63) is 83.4 Å². The van der Waals surface area contributed by atoms with Crippen LogP contribution >= 0.6 is 0 Å². The fourth-order valence-electron chi connectivity index (χ4n) is 2.67. The van der Waals surface area contributed by atoms with Crippen LogP contribution in [0.5, 0.6) is 0 Å². The van der Waals surface area contributed by atoms with E-state index in [1.165, 1.54) is 5.56 Å². The van der Waals surface area contributed by atoms with E-state index in [2.05, 4.69) is 20.3 Å².